The standard InChI is InChI=1S/C30H33ClF3N3O4S/c1-21(28(39)35-29(2,3)4)36(18-17-22-11-7-5-8-12-22)27(38)20-37(42(40,41)24-13-9-6-10-14-24)23-15-16-26(31)25(19-23)30(32,33)34/h5-16,19,21H,17-18,20H2,1-4H3,(H,35,39)/t21-/m1/s1. The number of nitrogens with one attached hydrogen (secondary N) is 1. The van der Waals surface area contributed by atoms with Crippen molar-refractivity contribution in [1.82, 2.24) is 10.2 Å². The lowest BCUT2D eigenvalue weighted by Gasteiger charge is -2.33. The first kappa shape index (κ1) is 32.9. The Bertz CT molecular complexity index is 1500. The minimum atomic E-state index is -4.87. The first-order chi connectivity index (χ1) is 19.5. The van der Waals surface area contributed by atoms with Crippen LogP contribution in [-0.4, -0.2) is 49.8 Å². The number of nitrogens with zero attached hydrogens (tertiary/aromatic N) is 2. The molecule has 0 unspecified atom stereocenters. The summed E-state index contributed by atoms with van der Waals surface area (Å²) in [7, 11) is -4.52. The quantitative estimate of drug-likeness (QED) is 0.303. The van der Waals surface area contributed by atoms with Crippen LogP contribution in [-0.2, 0) is 32.2 Å². The number of amides is 2. The summed E-state index contributed by atoms with van der Waals surface area (Å²) in [5.41, 5.74) is -1.39. The minimum absolute atomic E-state index is 0.0508. The van der Waals surface area contributed by atoms with Crippen molar-refractivity contribution in [3.05, 3.63) is 95.0 Å². The van der Waals surface area contributed by atoms with Gasteiger partial charge >= 0.3 is 6.18 Å². The van der Waals surface area contributed by atoms with Gasteiger partial charge in [0.1, 0.15) is 12.6 Å². The second-order valence-electron chi connectivity index (χ2n) is 10.7. The zero-order chi connectivity index (χ0) is 31.3. The Kier molecular flexibility index (Phi) is 10.3. The molecule has 0 saturated heterocycles. The molecule has 0 aliphatic rings. The molecule has 0 aliphatic carbocycles. The van der Waals surface area contributed by atoms with Crippen molar-refractivity contribution in [3.8, 4) is 0 Å². The molecule has 0 heterocycles. The van der Waals surface area contributed by atoms with Crippen LogP contribution in [0.15, 0.2) is 83.8 Å². The van der Waals surface area contributed by atoms with Crippen LogP contribution in [0.3, 0.4) is 0 Å². The molecule has 7 nitrogen and oxygen atoms in total. The first-order valence-corrected chi connectivity index (χ1v) is 14.9. The maximum atomic E-state index is 13.9. The Morgan fingerprint density at radius 1 is 0.929 bits per heavy atom. The van der Waals surface area contributed by atoms with E-state index >= 15 is 0 Å². The molecule has 0 fully saturated rings. The van der Waals surface area contributed by atoms with Gasteiger partial charge in [0.2, 0.25) is 11.8 Å². The fourth-order valence-electron chi connectivity index (χ4n) is 4.18. The number of carbonyl (C=O) groups excluding carboxylic acids is 2. The van der Waals surface area contributed by atoms with Gasteiger partial charge in [-0.25, -0.2) is 8.42 Å². The predicted octanol–water partition coefficient (Wildman–Crippen LogP) is 5.93. The smallest absolute Gasteiger partial charge is 0.350 e. The molecule has 42 heavy (non-hydrogen) atoms. The zero-order valence-corrected chi connectivity index (χ0v) is 25.2. The van der Waals surface area contributed by atoms with Crippen molar-refractivity contribution in [3.63, 3.8) is 0 Å². The van der Waals surface area contributed by atoms with Gasteiger partial charge in [-0.1, -0.05) is 60.1 Å². The van der Waals surface area contributed by atoms with Crippen molar-refractivity contribution in [2.45, 2.75) is 56.8 Å². The number of halogens is 4. The van der Waals surface area contributed by atoms with E-state index in [2.05, 4.69) is 5.32 Å². The van der Waals surface area contributed by atoms with Crippen LogP contribution in [0.25, 0.3) is 0 Å². The summed E-state index contributed by atoms with van der Waals surface area (Å²) in [4.78, 5) is 28.0. The van der Waals surface area contributed by atoms with E-state index in [0.717, 1.165) is 17.7 Å². The molecule has 0 spiro atoms. The highest BCUT2D eigenvalue weighted by atomic mass is 35.5. The van der Waals surface area contributed by atoms with Crippen molar-refractivity contribution < 1.29 is 31.2 Å². The molecule has 3 aromatic rings. The summed E-state index contributed by atoms with van der Waals surface area (Å²) in [6, 6.07) is 17.9. The molecule has 3 rings (SSSR count). The second kappa shape index (κ2) is 13.2. The van der Waals surface area contributed by atoms with Gasteiger partial charge in [-0.05, 0) is 70.0 Å². The molecule has 226 valence electrons. The van der Waals surface area contributed by atoms with Crippen molar-refractivity contribution in [2.75, 3.05) is 17.4 Å². The van der Waals surface area contributed by atoms with E-state index in [1.165, 1.54) is 36.1 Å². The van der Waals surface area contributed by atoms with E-state index in [1.807, 2.05) is 30.3 Å². The van der Waals surface area contributed by atoms with Gasteiger partial charge in [-0.15, -0.1) is 0 Å². The number of anilines is 1. The monoisotopic (exact) mass is 623 g/mol. The predicted molar refractivity (Wildman–Crippen MR) is 157 cm³/mol. The van der Waals surface area contributed by atoms with Gasteiger partial charge in [0.25, 0.3) is 10.0 Å². The number of alkyl halides is 3. The normalized spacial score (nSPS) is 12.9. The van der Waals surface area contributed by atoms with E-state index in [-0.39, 0.29) is 11.4 Å². The maximum Gasteiger partial charge on any atom is 0.417 e. The van der Waals surface area contributed by atoms with Gasteiger partial charge < -0.3 is 10.2 Å². The number of hydrogen-bond donors (Lipinski definition) is 1. The third-order valence-electron chi connectivity index (χ3n) is 6.30. The van der Waals surface area contributed by atoms with E-state index in [9.17, 15) is 31.2 Å². The molecule has 0 bridgehead atoms. The van der Waals surface area contributed by atoms with Gasteiger partial charge in [-0.2, -0.15) is 13.2 Å². The van der Waals surface area contributed by atoms with E-state index < -0.39 is 62.4 Å². The SMILES string of the molecule is C[C@H](C(=O)NC(C)(C)C)N(CCc1ccccc1)C(=O)CN(c1ccc(Cl)c(C(F)(F)F)c1)S(=O)(=O)c1ccccc1. The fourth-order valence-corrected chi connectivity index (χ4v) is 5.83. The van der Waals surface area contributed by atoms with Crippen LogP contribution < -0.4 is 9.62 Å². The minimum Gasteiger partial charge on any atom is -0.350 e. The van der Waals surface area contributed by atoms with Crippen LogP contribution >= 0.6 is 11.6 Å². The molecule has 0 aliphatic heterocycles. The zero-order valence-electron chi connectivity index (χ0n) is 23.7. The third kappa shape index (κ3) is 8.48. The fraction of sp³-hybridized carbons (Fsp3) is 0.333. The number of benzene rings is 3. The summed E-state index contributed by atoms with van der Waals surface area (Å²) >= 11 is 5.79. The summed E-state index contributed by atoms with van der Waals surface area (Å²) in [6.45, 7) is 6.04. The van der Waals surface area contributed by atoms with Gasteiger partial charge in [0.05, 0.1) is 21.2 Å². The molecule has 0 saturated carbocycles. The molecule has 12 heteroatoms. The Balaban J connectivity index is 2.07. The number of rotatable bonds is 10. The average Bonchev–Trinajstić information content (AvgIpc) is 2.91. The number of sulfonamides is 1. The van der Waals surface area contributed by atoms with Crippen molar-refractivity contribution in [2.24, 2.45) is 0 Å². The summed E-state index contributed by atoms with van der Waals surface area (Å²) in [6.07, 6.45) is -4.52. The lowest BCUT2D eigenvalue weighted by atomic mass is 10.1. The Hall–Kier alpha value is -3.57. The van der Waals surface area contributed by atoms with Crippen LogP contribution in [0, 0.1) is 0 Å². The van der Waals surface area contributed by atoms with Crippen LogP contribution in [0.2, 0.25) is 5.02 Å². The van der Waals surface area contributed by atoms with Crippen molar-refractivity contribution in [1.29, 1.82) is 0 Å². The van der Waals surface area contributed by atoms with E-state index in [4.69, 9.17) is 11.6 Å². The molecule has 2 amide bonds. The van der Waals surface area contributed by atoms with Crippen molar-refractivity contribution >= 4 is 39.1 Å². The molecular formula is C30H33ClF3N3O4S. The van der Waals surface area contributed by atoms with E-state index in [1.54, 1.807) is 26.8 Å². The molecule has 0 radical (unpaired) electrons. The largest absolute Gasteiger partial charge is 0.417 e. The first-order valence-electron chi connectivity index (χ1n) is 13.1. The summed E-state index contributed by atoms with van der Waals surface area (Å²) in [5.74, 6) is -1.24. The Morgan fingerprint density at radius 3 is 2.05 bits per heavy atom. The topological polar surface area (TPSA) is 86.8 Å². The summed E-state index contributed by atoms with van der Waals surface area (Å²) < 4.78 is 69.3. The summed E-state index contributed by atoms with van der Waals surface area (Å²) in [5, 5.41) is 2.20. The molecule has 1 atom stereocenters. The third-order valence-corrected chi connectivity index (χ3v) is 8.42. The van der Waals surface area contributed by atoms with Crippen LogP contribution in [0.4, 0.5) is 18.9 Å². The Morgan fingerprint density at radius 2 is 1.50 bits per heavy atom. The molecule has 1 N–H and O–H groups in total. The highest BCUT2D eigenvalue weighted by Crippen LogP contribution is 2.38. The number of hydrogen-bond acceptors (Lipinski definition) is 4. The van der Waals surface area contributed by atoms with Gasteiger partial charge in [0, 0.05) is 12.1 Å². The Labute approximate surface area is 249 Å². The lowest BCUT2D eigenvalue weighted by Crippen LogP contribution is -2.55. The molecule has 0 aromatic heterocycles. The average molecular weight is 624 g/mol. The van der Waals surface area contributed by atoms with Gasteiger partial charge in [-0.3, -0.25) is 13.9 Å². The van der Waals surface area contributed by atoms with Crippen LogP contribution in [0.5, 0.6) is 0 Å². The number of carbonyl (C=O) groups is 2. The highest BCUT2D eigenvalue weighted by molar-refractivity contribution is 7.92. The molecule has 3 aromatic carbocycles. The van der Waals surface area contributed by atoms with Crippen LogP contribution in [0.1, 0.15) is 38.8 Å². The van der Waals surface area contributed by atoms with E-state index in [0.29, 0.717) is 16.8 Å². The molecular weight excluding hydrogens is 591 g/mol. The second-order valence-corrected chi connectivity index (χ2v) is 13.0. The highest BCUT2D eigenvalue weighted by Gasteiger charge is 2.37. The van der Waals surface area contributed by atoms with Gasteiger partial charge in [0.15, 0.2) is 0 Å². The maximum absolute atomic E-state index is 13.9. The lowest BCUT2D eigenvalue weighted by molar-refractivity contribution is -0.139.